The van der Waals surface area contributed by atoms with Crippen LogP contribution in [0.25, 0.3) is 0 Å². The number of aromatic nitrogens is 1. The fourth-order valence-corrected chi connectivity index (χ4v) is 3.01. The molecule has 2 heterocycles. The first kappa shape index (κ1) is 13.8. The van der Waals surface area contributed by atoms with E-state index in [4.69, 9.17) is 11.1 Å². The second-order valence-corrected chi connectivity index (χ2v) is 5.52. The van der Waals surface area contributed by atoms with Crippen LogP contribution < -0.4 is 10.6 Å². The number of nitrogen functional groups attached to an aromatic ring is 1. The molecule has 1 aliphatic heterocycles. The summed E-state index contributed by atoms with van der Waals surface area (Å²) in [4.78, 5) is 6.83. The Hall–Kier alpha value is -1.58. The molecule has 4 heteroatoms. The predicted molar refractivity (Wildman–Crippen MR) is 80.0 cm³/mol. The van der Waals surface area contributed by atoms with E-state index < -0.39 is 0 Å². The van der Waals surface area contributed by atoms with E-state index in [0.717, 1.165) is 41.6 Å². The van der Waals surface area contributed by atoms with Gasteiger partial charge in [0.1, 0.15) is 5.84 Å². The summed E-state index contributed by atoms with van der Waals surface area (Å²) in [7, 11) is 0. The van der Waals surface area contributed by atoms with Crippen molar-refractivity contribution in [1.82, 2.24) is 4.98 Å². The summed E-state index contributed by atoms with van der Waals surface area (Å²) in [6.45, 7) is 8.32. The first-order valence-corrected chi connectivity index (χ1v) is 7.10. The molecule has 1 atom stereocenters. The molecule has 0 aromatic carbocycles. The summed E-state index contributed by atoms with van der Waals surface area (Å²) >= 11 is 0. The number of pyridine rings is 1. The van der Waals surface area contributed by atoms with Crippen molar-refractivity contribution in [2.45, 2.75) is 40.0 Å². The lowest BCUT2D eigenvalue weighted by Crippen LogP contribution is -2.37. The van der Waals surface area contributed by atoms with Crippen LogP contribution in [0.3, 0.4) is 0 Å². The molecule has 0 spiro atoms. The molecule has 0 aliphatic carbocycles. The van der Waals surface area contributed by atoms with Crippen molar-refractivity contribution in [2.75, 3.05) is 18.0 Å². The Morgan fingerprint density at radius 1 is 1.53 bits per heavy atom. The zero-order valence-corrected chi connectivity index (χ0v) is 12.2. The molecular weight excluding hydrogens is 236 g/mol. The van der Waals surface area contributed by atoms with E-state index in [1.54, 1.807) is 0 Å². The normalized spacial score (nSPS) is 19.5. The number of nitrogens with one attached hydrogen (secondary N) is 1. The van der Waals surface area contributed by atoms with Gasteiger partial charge in [0.15, 0.2) is 0 Å². The Morgan fingerprint density at radius 3 is 2.89 bits per heavy atom. The van der Waals surface area contributed by atoms with Crippen LogP contribution >= 0.6 is 0 Å². The Kier molecular flexibility index (Phi) is 4.08. The maximum Gasteiger partial charge on any atom is 0.126 e. The van der Waals surface area contributed by atoms with E-state index in [2.05, 4.69) is 22.9 Å². The van der Waals surface area contributed by atoms with Crippen molar-refractivity contribution < 1.29 is 0 Å². The Balaban J connectivity index is 2.40. The van der Waals surface area contributed by atoms with Gasteiger partial charge in [-0.05, 0) is 38.7 Å². The fourth-order valence-electron chi connectivity index (χ4n) is 3.01. The highest BCUT2D eigenvalue weighted by Gasteiger charge is 2.23. The number of nitrogens with two attached hydrogens (primary N) is 1. The van der Waals surface area contributed by atoms with Gasteiger partial charge in [-0.3, -0.25) is 10.4 Å². The molecule has 0 amide bonds. The van der Waals surface area contributed by atoms with Gasteiger partial charge >= 0.3 is 0 Å². The highest BCUT2D eigenvalue weighted by Crippen LogP contribution is 2.29. The SMILES string of the molecule is CCC1CCCN(c2cc(C)nc(C)c2C(=N)N)C1. The molecule has 1 unspecified atom stereocenters. The van der Waals surface area contributed by atoms with E-state index in [9.17, 15) is 0 Å². The molecule has 1 saturated heterocycles. The van der Waals surface area contributed by atoms with Crippen LogP contribution in [0, 0.1) is 25.2 Å². The topological polar surface area (TPSA) is 66.0 Å². The standard InChI is InChI=1S/C15H24N4/c1-4-12-6-5-7-19(9-12)13-8-10(2)18-11(3)14(13)15(16)17/h8,12H,4-7,9H2,1-3H3,(H3,16,17). The van der Waals surface area contributed by atoms with Crippen LogP contribution in [-0.4, -0.2) is 23.9 Å². The zero-order valence-electron chi connectivity index (χ0n) is 12.2. The van der Waals surface area contributed by atoms with Gasteiger partial charge in [-0.2, -0.15) is 0 Å². The van der Waals surface area contributed by atoms with Crippen LogP contribution in [0.2, 0.25) is 0 Å². The molecule has 0 bridgehead atoms. The average Bonchev–Trinajstić information content (AvgIpc) is 2.37. The van der Waals surface area contributed by atoms with Crippen LogP contribution in [0.5, 0.6) is 0 Å². The number of aryl methyl sites for hydroxylation is 2. The Morgan fingerprint density at radius 2 is 2.26 bits per heavy atom. The molecule has 1 aromatic heterocycles. The summed E-state index contributed by atoms with van der Waals surface area (Å²) in [6, 6.07) is 2.07. The van der Waals surface area contributed by atoms with Gasteiger partial charge in [-0.15, -0.1) is 0 Å². The highest BCUT2D eigenvalue weighted by molar-refractivity contribution is 6.01. The van der Waals surface area contributed by atoms with Gasteiger partial charge in [0.25, 0.3) is 0 Å². The summed E-state index contributed by atoms with van der Waals surface area (Å²) < 4.78 is 0. The van der Waals surface area contributed by atoms with E-state index in [1.165, 1.54) is 19.3 Å². The second kappa shape index (κ2) is 5.59. The summed E-state index contributed by atoms with van der Waals surface area (Å²) in [5.41, 5.74) is 9.52. The Labute approximate surface area is 115 Å². The molecule has 3 N–H and O–H groups in total. The van der Waals surface area contributed by atoms with Crippen LogP contribution in [0.15, 0.2) is 6.07 Å². The van der Waals surface area contributed by atoms with Crippen LogP contribution in [-0.2, 0) is 0 Å². The molecular formula is C15H24N4. The smallest absolute Gasteiger partial charge is 0.126 e. The number of nitrogens with zero attached hydrogens (tertiary/aromatic N) is 2. The zero-order chi connectivity index (χ0) is 14.0. The third-order valence-electron chi connectivity index (χ3n) is 4.01. The van der Waals surface area contributed by atoms with Gasteiger partial charge in [0, 0.05) is 18.8 Å². The molecule has 104 valence electrons. The van der Waals surface area contributed by atoms with Crippen molar-refractivity contribution >= 4 is 11.5 Å². The number of hydrogen-bond acceptors (Lipinski definition) is 3. The number of piperidine rings is 1. The van der Waals surface area contributed by atoms with Crippen molar-refractivity contribution in [3.05, 3.63) is 23.0 Å². The molecule has 4 nitrogen and oxygen atoms in total. The van der Waals surface area contributed by atoms with E-state index >= 15 is 0 Å². The molecule has 1 aliphatic rings. The molecule has 0 saturated carbocycles. The van der Waals surface area contributed by atoms with E-state index in [-0.39, 0.29) is 5.84 Å². The second-order valence-electron chi connectivity index (χ2n) is 5.52. The first-order chi connectivity index (χ1) is 9.02. The van der Waals surface area contributed by atoms with Crippen molar-refractivity contribution in [3.63, 3.8) is 0 Å². The molecule has 19 heavy (non-hydrogen) atoms. The van der Waals surface area contributed by atoms with Gasteiger partial charge in [-0.25, -0.2) is 0 Å². The molecule has 1 fully saturated rings. The average molecular weight is 260 g/mol. The van der Waals surface area contributed by atoms with Crippen LogP contribution in [0.1, 0.15) is 43.1 Å². The number of rotatable bonds is 3. The highest BCUT2D eigenvalue weighted by atomic mass is 15.1. The largest absolute Gasteiger partial charge is 0.384 e. The molecule has 2 rings (SSSR count). The molecule has 0 radical (unpaired) electrons. The van der Waals surface area contributed by atoms with Crippen molar-refractivity contribution in [1.29, 1.82) is 5.41 Å². The maximum atomic E-state index is 7.81. The Bertz CT molecular complexity index is 481. The lowest BCUT2D eigenvalue weighted by molar-refractivity contribution is 0.404. The lowest BCUT2D eigenvalue weighted by atomic mass is 9.94. The number of amidine groups is 1. The monoisotopic (exact) mass is 260 g/mol. The summed E-state index contributed by atoms with van der Waals surface area (Å²) in [5.74, 6) is 0.876. The number of anilines is 1. The maximum absolute atomic E-state index is 7.81. The van der Waals surface area contributed by atoms with Gasteiger partial charge in [0.05, 0.1) is 16.9 Å². The van der Waals surface area contributed by atoms with Gasteiger partial charge in [0.2, 0.25) is 0 Å². The minimum absolute atomic E-state index is 0.124. The predicted octanol–water partition coefficient (Wildman–Crippen LogP) is 2.61. The fraction of sp³-hybridized carbons (Fsp3) is 0.600. The summed E-state index contributed by atoms with van der Waals surface area (Å²) in [5, 5.41) is 7.81. The van der Waals surface area contributed by atoms with Crippen molar-refractivity contribution in [3.8, 4) is 0 Å². The third kappa shape index (κ3) is 2.88. The van der Waals surface area contributed by atoms with Gasteiger partial charge < -0.3 is 10.6 Å². The number of hydrogen-bond donors (Lipinski definition) is 2. The van der Waals surface area contributed by atoms with Crippen LogP contribution in [0.4, 0.5) is 5.69 Å². The quantitative estimate of drug-likeness (QED) is 0.648. The lowest BCUT2D eigenvalue weighted by Gasteiger charge is -2.35. The van der Waals surface area contributed by atoms with Crippen molar-refractivity contribution in [2.24, 2.45) is 11.7 Å². The van der Waals surface area contributed by atoms with Gasteiger partial charge in [-0.1, -0.05) is 13.3 Å². The molecule has 1 aromatic rings. The minimum Gasteiger partial charge on any atom is -0.384 e. The third-order valence-corrected chi connectivity index (χ3v) is 4.01. The van der Waals surface area contributed by atoms with E-state index in [0.29, 0.717) is 0 Å². The van der Waals surface area contributed by atoms with E-state index in [1.807, 2.05) is 13.8 Å². The summed E-state index contributed by atoms with van der Waals surface area (Å²) in [6.07, 6.45) is 3.75. The first-order valence-electron chi connectivity index (χ1n) is 7.10. The minimum atomic E-state index is 0.124.